The van der Waals surface area contributed by atoms with Gasteiger partial charge in [0.05, 0.1) is 11.8 Å². The van der Waals surface area contributed by atoms with Gasteiger partial charge in [-0.2, -0.15) is 0 Å². The molecule has 1 aromatic rings. The second-order valence-electron chi connectivity index (χ2n) is 6.57. The lowest BCUT2D eigenvalue weighted by atomic mass is 9.83. The van der Waals surface area contributed by atoms with Gasteiger partial charge >= 0.3 is 0 Å². The van der Waals surface area contributed by atoms with Crippen LogP contribution in [-0.2, 0) is 6.42 Å². The highest BCUT2D eigenvalue weighted by atomic mass is 16.3. The zero-order chi connectivity index (χ0) is 16.3. The molecule has 2 atom stereocenters. The molecule has 1 aliphatic heterocycles. The molecule has 0 aromatic heterocycles. The SMILES string of the molecule is C=C(C)[C@@H]1C[N+](C)=C[C@H]1c1c(O)cc(CCCCC)cc1O. The summed E-state index contributed by atoms with van der Waals surface area (Å²) < 4.78 is 2.11. The van der Waals surface area contributed by atoms with Gasteiger partial charge in [-0.05, 0) is 37.5 Å². The van der Waals surface area contributed by atoms with E-state index in [1.165, 1.54) is 12.8 Å². The van der Waals surface area contributed by atoms with Crippen LogP contribution in [0.2, 0.25) is 0 Å². The van der Waals surface area contributed by atoms with E-state index in [1.807, 2.05) is 26.1 Å². The van der Waals surface area contributed by atoms with Crippen molar-refractivity contribution in [1.29, 1.82) is 0 Å². The summed E-state index contributed by atoms with van der Waals surface area (Å²) >= 11 is 0. The Morgan fingerprint density at radius 2 is 1.91 bits per heavy atom. The van der Waals surface area contributed by atoms with Gasteiger partial charge in [0.25, 0.3) is 0 Å². The highest BCUT2D eigenvalue weighted by Gasteiger charge is 2.37. The van der Waals surface area contributed by atoms with Crippen molar-refractivity contribution in [3.05, 3.63) is 35.4 Å². The van der Waals surface area contributed by atoms with Crippen molar-refractivity contribution in [2.24, 2.45) is 5.92 Å². The molecule has 1 heterocycles. The highest BCUT2D eigenvalue weighted by molar-refractivity contribution is 5.71. The summed E-state index contributed by atoms with van der Waals surface area (Å²) in [6.07, 6.45) is 6.39. The fourth-order valence-electron chi connectivity index (χ4n) is 3.35. The van der Waals surface area contributed by atoms with Crippen molar-refractivity contribution < 1.29 is 14.8 Å². The number of hydrogen-bond acceptors (Lipinski definition) is 2. The van der Waals surface area contributed by atoms with Gasteiger partial charge in [0.15, 0.2) is 0 Å². The molecule has 22 heavy (non-hydrogen) atoms. The zero-order valence-corrected chi connectivity index (χ0v) is 14.0. The number of benzene rings is 1. The predicted molar refractivity (Wildman–Crippen MR) is 91.2 cm³/mol. The van der Waals surface area contributed by atoms with Crippen molar-refractivity contribution in [3.8, 4) is 11.5 Å². The predicted octanol–water partition coefficient (Wildman–Crippen LogP) is 3.83. The smallest absolute Gasteiger partial charge is 0.149 e. The molecule has 0 amide bonds. The second-order valence-corrected chi connectivity index (χ2v) is 6.57. The Hall–Kier alpha value is -1.77. The molecule has 0 saturated carbocycles. The first-order chi connectivity index (χ1) is 10.4. The van der Waals surface area contributed by atoms with Gasteiger partial charge in [-0.25, -0.2) is 4.58 Å². The van der Waals surface area contributed by atoms with Crippen molar-refractivity contribution >= 4 is 6.21 Å². The molecule has 2 N–H and O–H groups in total. The van der Waals surface area contributed by atoms with E-state index in [0.717, 1.165) is 30.5 Å². The molecule has 120 valence electrons. The van der Waals surface area contributed by atoms with Crippen molar-refractivity contribution in [2.45, 2.75) is 45.4 Å². The van der Waals surface area contributed by atoms with Crippen LogP contribution in [0.15, 0.2) is 24.3 Å². The van der Waals surface area contributed by atoms with Gasteiger partial charge in [-0.3, -0.25) is 0 Å². The van der Waals surface area contributed by atoms with E-state index in [4.69, 9.17) is 0 Å². The monoisotopic (exact) mass is 302 g/mol. The number of unbranched alkanes of at least 4 members (excludes halogenated alkanes) is 2. The van der Waals surface area contributed by atoms with Gasteiger partial charge < -0.3 is 10.2 Å². The lowest BCUT2D eigenvalue weighted by Crippen LogP contribution is -2.14. The summed E-state index contributed by atoms with van der Waals surface area (Å²) in [6, 6.07) is 3.62. The van der Waals surface area contributed by atoms with Gasteiger partial charge in [0.1, 0.15) is 31.3 Å². The van der Waals surface area contributed by atoms with Crippen LogP contribution in [0.25, 0.3) is 0 Å². The molecular weight excluding hydrogens is 274 g/mol. The van der Waals surface area contributed by atoms with Gasteiger partial charge in [0.2, 0.25) is 0 Å². The van der Waals surface area contributed by atoms with Crippen LogP contribution >= 0.6 is 0 Å². The van der Waals surface area contributed by atoms with E-state index in [9.17, 15) is 10.2 Å². The Labute approximate surface area is 133 Å². The van der Waals surface area contributed by atoms with Crippen LogP contribution in [0.4, 0.5) is 0 Å². The molecule has 0 aliphatic carbocycles. The summed E-state index contributed by atoms with van der Waals surface area (Å²) in [5.41, 5.74) is 2.72. The van der Waals surface area contributed by atoms with E-state index >= 15 is 0 Å². The van der Waals surface area contributed by atoms with E-state index in [0.29, 0.717) is 5.56 Å². The number of aromatic hydroxyl groups is 2. The number of hydrogen-bond donors (Lipinski definition) is 2. The Kier molecular flexibility index (Phi) is 5.28. The van der Waals surface area contributed by atoms with Crippen molar-refractivity contribution in [2.75, 3.05) is 13.6 Å². The molecule has 1 aliphatic rings. The van der Waals surface area contributed by atoms with Gasteiger partial charge in [-0.1, -0.05) is 31.9 Å². The average Bonchev–Trinajstić information content (AvgIpc) is 2.80. The van der Waals surface area contributed by atoms with Crippen LogP contribution in [0.1, 0.15) is 50.2 Å². The van der Waals surface area contributed by atoms with Crippen LogP contribution in [0.3, 0.4) is 0 Å². The Morgan fingerprint density at radius 3 is 2.45 bits per heavy atom. The molecule has 0 saturated heterocycles. The first-order valence-corrected chi connectivity index (χ1v) is 8.19. The maximum absolute atomic E-state index is 10.4. The molecule has 3 heteroatoms. The number of phenols is 2. The molecule has 1 aromatic carbocycles. The first-order valence-electron chi connectivity index (χ1n) is 8.19. The summed E-state index contributed by atoms with van der Waals surface area (Å²) in [5, 5.41) is 20.9. The molecule has 3 nitrogen and oxygen atoms in total. The maximum Gasteiger partial charge on any atom is 0.149 e. The third-order valence-corrected chi connectivity index (χ3v) is 4.56. The molecule has 0 bridgehead atoms. The van der Waals surface area contributed by atoms with Crippen LogP contribution in [0, 0.1) is 5.92 Å². The highest BCUT2D eigenvalue weighted by Crippen LogP contribution is 2.42. The molecule has 0 unspecified atom stereocenters. The van der Waals surface area contributed by atoms with E-state index in [2.05, 4.69) is 24.3 Å². The summed E-state index contributed by atoms with van der Waals surface area (Å²) in [5.74, 6) is 0.628. The van der Waals surface area contributed by atoms with E-state index < -0.39 is 0 Å². The maximum atomic E-state index is 10.4. The van der Waals surface area contributed by atoms with Gasteiger partial charge in [0, 0.05) is 5.56 Å². The normalized spacial score (nSPS) is 21.0. The van der Waals surface area contributed by atoms with Crippen LogP contribution < -0.4 is 0 Å². The summed E-state index contributed by atoms with van der Waals surface area (Å²) in [6.45, 7) is 9.12. The Balaban J connectivity index is 2.29. The lowest BCUT2D eigenvalue weighted by Gasteiger charge is -2.18. The number of phenolic OH excluding ortho intramolecular Hbond substituents is 2. The first kappa shape index (κ1) is 16.6. The lowest BCUT2D eigenvalue weighted by molar-refractivity contribution is -0.488. The summed E-state index contributed by atoms with van der Waals surface area (Å²) in [4.78, 5) is 0. The number of nitrogens with zero attached hydrogens (tertiary/aromatic N) is 1. The Morgan fingerprint density at radius 1 is 1.27 bits per heavy atom. The Bertz CT molecular complexity index is 566. The standard InChI is InChI=1S/C19H27NO2/c1-5-6-7-8-14-9-17(21)19(18(22)10-14)16-12-20(4)11-15(16)13(2)3/h9-10,12,15-16H,2,5-8,11H2,1,3-4H3,(H-,21,22)/p+1/t15-,16+/m0/s1. The van der Waals surface area contributed by atoms with E-state index in [-0.39, 0.29) is 23.3 Å². The largest absolute Gasteiger partial charge is 0.507 e. The molecule has 0 spiro atoms. The molecule has 2 rings (SSSR count). The minimum absolute atomic E-state index is 0.00723. The van der Waals surface area contributed by atoms with Crippen LogP contribution in [0.5, 0.6) is 11.5 Å². The third kappa shape index (κ3) is 3.52. The van der Waals surface area contributed by atoms with Gasteiger partial charge in [-0.15, -0.1) is 0 Å². The van der Waals surface area contributed by atoms with Crippen LogP contribution in [-0.4, -0.2) is 34.6 Å². The molecular formula is C19H28NO2+. The number of rotatable bonds is 6. The fraction of sp³-hybridized carbons (Fsp3) is 0.526. The average molecular weight is 302 g/mol. The van der Waals surface area contributed by atoms with Crippen molar-refractivity contribution in [3.63, 3.8) is 0 Å². The van der Waals surface area contributed by atoms with Crippen molar-refractivity contribution in [1.82, 2.24) is 0 Å². The quantitative estimate of drug-likeness (QED) is 0.476. The fourth-order valence-corrected chi connectivity index (χ4v) is 3.35. The third-order valence-electron chi connectivity index (χ3n) is 4.56. The summed E-state index contributed by atoms with van der Waals surface area (Å²) in [7, 11) is 2.02. The topological polar surface area (TPSA) is 43.5 Å². The minimum atomic E-state index is -0.00723. The number of aryl methyl sites for hydroxylation is 1. The minimum Gasteiger partial charge on any atom is -0.507 e. The second kappa shape index (κ2) is 6.99. The molecule has 0 fully saturated rings. The molecule has 0 radical (unpaired) electrons. The van der Waals surface area contributed by atoms with E-state index in [1.54, 1.807) is 0 Å². The zero-order valence-electron chi connectivity index (χ0n) is 14.0.